The molecule has 2 unspecified atom stereocenters. The van der Waals surface area contributed by atoms with Crippen LogP contribution in [-0.4, -0.2) is 38.4 Å². The molecule has 0 radical (unpaired) electrons. The topological polar surface area (TPSA) is 70.7 Å². The smallest absolute Gasteiger partial charge is 0.273 e. The Morgan fingerprint density at radius 2 is 2.56 bits per heavy atom. The molecule has 0 saturated heterocycles. The molecule has 0 spiro atoms. The van der Waals surface area contributed by atoms with Crippen molar-refractivity contribution in [2.75, 3.05) is 5.75 Å². The molecule has 0 bridgehead atoms. The van der Waals surface area contributed by atoms with Gasteiger partial charge in [-0.25, -0.2) is 0 Å². The molecular weight excluding hydrogens is 224 g/mol. The first kappa shape index (κ1) is 11.4. The van der Waals surface area contributed by atoms with E-state index in [-0.39, 0.29) is 11.9 Å². The molecule has 1 aliphatic rings. The van der Waals surface area contributed by atoms with Crippen LogP contribution in [0.5, 0.6) is 0 Å². The van der Waals surface area contributed by atoms with Gasteiger partial charge in [-0.05, 0) is 18.6 Å². The molecule has 6 heteroatoms. The van der Waals surface area contributed by atoms with Gasteiger partial charge in [-0.2, -0.15) is 27.2 Å². The van der Waals surface area contributed by atoms with Crippen LogP contribution >= 0.6 is 11.8 Å². The summed E-state index contributed by atoms with van der Waals surface area (Å²) in [6, 6.07) is 0.286. The first-order valence-electron chi connectivity index (χ1n) is 5.59. The van der Waals surface area contributed by atoms with Crippen molar-refractivity contribution in [3.05, 3.63) is 11.9 Å². The van der Waals surface area contributed by atoms with E-state index in [1.165, 1.54) is 19.0 Å². The minimum Gasteiger partial charge on any atom is -0.347 e. The van der Waals surface area contributed by atoms with Gasteiger partial charge in [0.1, 0.15) is 0 Å². The summed E-state index contributed by atoms with van der Waals surface area (Å²) in [6.07, 6.45) is 4.91. The Bertz CT molecular complexity index is 341. The number of H-pyrrole nitrogens is 1. The number of carbonyl (C=O) groups excluding carboxylic acids is 1. The van der Waals surface area contributed by atoms with Gasteiger partial charge < -0.3 is 5.32 Å². The Morgan fingerprint density at radius 1 is 1.69 bits per heavy atom. The lowest BCUT2D eigenvalue weighted by Crippen LogP contribution is -2.39. The van der Waals surface area contributed by atoms with Crippen LogP contribution in [0.4, 0.5) is 0 Å². The average molecular weight is 240 g/mol. The molecule has 2 rings (SSSR count). The molecule has 1 aromatic heterocycles. The molecule has 0 aliphatic heterocycles. The zero-order valence-electron chi connectivity index (χ0n) is 9.27. The molecule has 16 heavy (non-hydrogen) atoms. The minimum absolute atomic E-state index is 0.123. The number of nitrogens with one attached hydrogen (secondary N) is 2. The Morgan fingerprint density at radius 3 is 3.25 bits per heavy atom. The lowest BCUT2D eigenvalue weighted by Gasteiger charge is -2.19. The van der Waals surface area contributed by atoms with Crippen LogP contribution < -0.4 is 5.32 Å². The van der Waals surface area contributed by atoms with Gasteiger partial charge >= 0.3 is 0 Å². The third-order valence-corrected chi connectivity index (χ3v) is 4.12. The molecule has 1 aliphatic carbocycles. The molecule has 1 aromatic rings. The lowest BCUT2D eigenvalue weighted by molar-refractivity contribution is 0.0933. The van der Waals surface area contributed by atoms with E-state index in [2.05, 4.69) is 27.7 Å². The van der Waals surface area contributed by atoms with Gasteiger partial charge in [-0.3, -0.25) is 4.79 Å². The SMILES string of the molecule is CCSC1CCCC1NC(=O)c1cn[nH]n1. The zero-order chi connectivity index (χ0) is 11.4. The Balaban J connectivity index is 1.91. The van der Waals surface area contributed by atoms with Crippen molar-refractivity contribution in [1.29, 1.82) is 0 Å². The highest BCUT2D eigenvalue weighted by molar-refractivity contribution is 7.99. The van der Waals surface area contributed by atoms with Crippen molar-refractivity contribution in [3.8, 4) is 0 Å². The number of carbonyl (C=O) groups is 1. The van der Waals surface area contributed by atoms with E-state index in [1.54, 1.807) is 0 Å². The highest BCUT2D eigenvalue weighted by Crippen LogP contribution is 2.29. The maximum atomic E-state index is 11.8. The van der Waals surface area contributed by atoms with Gasteiger partial charge in [0.05, 0.1) is 6.20 Å². The van der Waals surface area contributed by atoms with Crippen molar-refractivity contribution in [2.24, 2.45) is 0 Å². The van der Waals surface area contributed by atoms with Crippen molar-refractivity contribution in [1.82, 2.24) is 20.7 Å². The summed E-state index contributed by atoms with van der Waals surface area (Å²) < 4.78 is 0. The fraction of sp³-hybridized carbons (Fsp3) is 0.700. The second-order valence-corrected chi connectivity index (χ2v) is 5.38. The number of aromatic amines is 1. The van der Waals surface area contributed by atoms with Gasteiger partial charge in [0, 0.05) is 11.3 Å². The van der Waals surface area contributed by atoms with E-state index in [9.17, 15) is 4.79 Å². The largest absolute Gasteiger partial charge is 0.347 e. The predicted molar refractivity (Wildman–Crippen MR) is 63.4 cm³/mol. The van der Waals surface area contributed by atoms with Gasteiger partial charge in [-0.1, -0.05) is 13.3 Å². The maximum Gasteiger partial charge on any atom is 0.273 e. The van der Waals surface area contributed by atoms with Crippen LogP contribution in [0.15, 0.2) is 6.20 Å². The normalized spacial score (nSPS) is 24.6. The lowest BCUT2D eigenvalue weighted by atomic mass is 10.2. The Hall–Kier alpha value is -1.04. The second kappa shape index (κ2) is 5.34. The summed E-state index contributed by atoms with van der Waals surface area (Å²) in [5, 5.41) is 13.4. The van der Waals surface area contributed by atoms with Crippen LogP contribution in [-0.2, 0) is 0 Å². The first-order chi connectivity index (χ1) is 7.81. The van der Waals surface area contributed by atoms with Crippen molar-refractivity contribution in [3.63, 3.8) is 0 Å². The Kier molecular flexibility index (Phi) is 3.82. The summed E-state index contributed by atoms with van der Waals surface area (Å²) >= 11 is 1.93. The summed E-state index contributed by atoms with van der Waals surface area (Å²) in [7, 11) is 0. The highest BCUT2D eigenvalue weighted by Gasteiger charge is 2.29. The fourth-order valence-electron chi connectivity index (χ4n) is 2.06. The quantitative estimate of drug-likeness (QED) is 0.830. The van der Waals surface area contributed by atoms with E-state index in [4.69, 9.17) is 0 Å². The third-order valence-electron chi connectivity index (χ3n) is 2.80. The Labute approximate surface area is 98.8 Å². The van der Waals surface area contributed by atoms with Crippen LogP contribution in [0.25, 0.3) is 0 Å². The zero-order valence-corrected chi connectivity index (χ0v) is 10.1. The number of hydrogen-bond donors (Lipinski definition) is 2. The van der Waals surface area contributed by atoms with Gasteiger partial charge in [0.15, 0.2) is 5.69 Å². The van der Waals surface area contributed by atoms with E-state index in [0.29, 0.717) is 10.9 Å². The van der Waals surface area contributed by atoms with E-state index < -0.39 is 0 Å². The second-order valence-electron chi connectivity index (χ2n) is 3.86. The number of rotatable bonds is 4. The van der Waals surface area contributed by atoms with Crippen LogP contribution in [0.3, 0.4) is 0 Å². The molecule has 1 amide bonds. The molecule has 1 heterocycles. The number of hydrogen-bond acceptors (Lipinski definition) is 4. The summed E-state index contributed by atoms with van der Waals surface area (Å²) in [4.78, 5) is 11.8. The van der Waals surface area contributed by atoms with E-state index >= 15 is 0 Å². The predicted octanol–water partition coefficient (Wildman–Crippen LogP) is 1.21. The first-order valence-corrected chi connectivity index (χ1v) is 6.64. The third kappa shape index (κ3) is 2.55. The van der Waals surface area contributed by atoms with Gasteiger partial charge in [-0.15, -0.1) is 0 Å². The maximum absolute atomic E-state index is 11.8. The number of nitrogens with zero attached hydrogens (tertiary/aromatic N) is 2. The molecule has 2 N–H and O–H groups in total. The minimum atomic E-state index is -0.123. The van der Waals surface area contributed by atoms with E-state index in [0.717, 1.165) is 12.2 Å². The number of thioether (sulfide) groups is 1. The van der Waals surface area contributed by atoms with Crippen LogP contribution in [0, 0.1) is 0 Å². The van der Waals surface area contributed by atoms with Crippen molar-refractivity contribution < 1.29 is 4.79 Å². The monoisotopic (exact) mass is 240 g/mol. The number of aromatic nitrogens is 3. The molecular formula is C10H16N4OS. The fourth-order valence-corrected chi connectivity index (χ4v) is 3.26. The van der Waals surface area contributed by atoms with Crippen LogP contribution in [0.2, 0.25) is 0 Å². The highest BCUT2D eigenvalue weighted by atomic mass is 32.2. The number of amides is 1. The standard InChI is InChI=1S/C10H16N4OS/c1-2-16-9-5-3-4-7(9)12-10(15)8-6-11-14-13-8/h6-7,9H,2-5H2,1H3,(H,12,15)(H,11,13,14). The molecule has 2 atom stereocenters. The average Bonchev–Trinajstić information content (AvgIpc) is 2.90. The molecule has 5 nitrogen and oxygen atoms in total. The van der Waals surface area contributed by atoms with Crippen molar-refractivity contribution >= 4 is 17.7 Å². The van der Waals surface area contributed by atoms with Crippen molar-refractivity contribution in [2.45, 2.75) is 37.5 Å². The molecule has 1 fully saturated rings. The van der Waals surface area contributed by atoms with E-state index in [1.807, 2.05) is 11.8 Å². The van der Waals surface area contributed by atoms with Gasteiger partial charge in [0.2, 0.25) is 0 Å². The molecule has 88 valence electrons. The summed E-state index contributed by atoms with van der Waals surface area (Å²) in [5.41, 5.74) is 0.368. The summed E-state index contributed by atoms with van der Waals surface area (Å²) in [5.74, 6) is 0.975. The summed E-state index contributed by atoms with van der Waals surface area (Å²) in [6.45, 7) is 2.15. The van der Waals surface area contributed by atoms with Crippen LogP contribution in [0.1, 0.15) is 36.7 Å². The molecule has 1 saturated carbocycles. The molecule has 0 aromatic carbocycles. The van der Waals surface area contributed by atoms with Gasteiger partial charge in [0.25, 0.3) is 5.91 Å².